The van der Waals surface area contributed by atoms with Gasteiger partial charge >= 0.3 is 0 Å². The van der Waals surface area contributed by atoms with E-state index in [1.807, 2.05) is 32.9 Å². The van der Waals surface area contributed by atoms with Crippen LogP contribution in [-0.2, 0) is 21.9 Å². The van der Waals surface area contributed by atoms with Gasteiger partial charge in [-0.05, 0) is 50.5 Å². The van der Waals surface area contributed by atoms with Gasteiger partial charge in [-0.25, -0.2) is 0 Å². The second-order valence-corrected chi connectivity index (χ2v) is 9.64. The van der Waals surface area contributed by atoms with Crippen molar-refractivity contribution < 1.29 is 9.59 Å². The highest BCUT2D eigenvalue weighted by atomic mass is 35.5. The number of carbonyl (C=O) groups excluding carboxylic acids is 2. The third-order valence-electron chi connectivity index (χ3n) is 4.73. The zero-order valence-electron chi connectivity index (χ0n) is 18.5. The molecule has 2 amide bonds. The lowest BCUT2D eigenvalue weighted by Crippen LogP contribution is -2.50. The maximum absolute atomic E-state index is 13.2. The van der Waals surface area contributed by atoms with Crippen LogP contribution in [0.5, 0.6) is 0 Å². The Kier molecular flexibility index (Phi) is 10.2. The van der Waals surface area contributed by atoms with Crippen molar-refractivity contribution in [3.05, 3.63) is 69.2 Å². The number of halogens is 2. The van der Waals surface area contributed by atoms with Crippen molar-refractivity contribution in [2.45, 2.75) is 58.5 Å². The van der Waals surface area contributed by atoms with Crippen LogP contribution in [0.25, 0.3) is 0 Å². The Morgan fingerprint density at radius 1 is 1.06 bits per heavy atom. The van der Waals surface area contributed by atoms with Crippen LogP contribution >= 0.6 is 35.0 Å². The SMILES string of the molecule is CCC(C(=O)NC(C)C)N(Cc1ccc(Cl)c(Cl)c1)C(=O)CSCc1cccc(C)c1. The van der Waals surface area contributed by atoms with E-state index in [1.54, 1.807) is 28.8 Å². The summed E-state index contributed by atoms with van der Waals surface area (Å²) in [6.45, 7) is 8.09. The zero-order valence-corrected chi connectivity index (χ0v) is 20.8. The number of hydrogen-bond acceptors (Lipinski definition) is 3. The summed E-state index contributed by atoms with van der Waals surface area (Å²) in [4.78, 5) is 27.7. The van der Waals surface area contributed by atoms with Crippen LogP contribution in [0.2, 0.25) is 10.0 Å². The molecule has 0 aliphatic rings. The molecule has 0 fully saturated rings. The molecule has 1 N–H and O–H groups in total. The maximum Gasteiger partial charge on any atom is 0.243 e. The summed E-state index contributed by atoms with van der Waals surface area (Å²) in [7, 11) is 0. The van der Waals surface area contributed by atoms with Gasteiger partial charge in [0.2, 0.25) is 11.8 Å². The van der Waals surface area contributed by atoms with E-state index in [9.17, 15) is 9.59 Å². The topological polar surface area (TPSA) is 49.4 Å². The average molecular weight is 481 g/mol. The fourth-order valence-electron chi connectivity index (χ4n) is 3.28. The van der Waals surface area contributed by atoms with Crippen LogP contribution in [0.4, 0.5) is 0 Å². The van der Waals surface area contributed by atoms with Gasteiger partial charge in [0.25, 0.3) is 0 Å². The number of carbonyl (C=O) groups is 2. The van der Waals surface area contributed by atoms with Crippen LogP contribution in [0.3, 0.4) is 0 Å². The number of aryl methyl sites for hydroxylation is 1. The standard InChI is InChI=1S/C24H30Cl2N2O2S/c1-5-22(24(30)27-16(2)3)28(13-18-9-10-20(25)21(26)12-18)23(29)15-31-14-19-8-6-7-17(4)11-19/h6-12,16,22H,5,13-15H2,1-4H3,(H,27,30). The summed E-state index contributed by atoms with van der Waals surface area (Å²) in [6.07, 6.45) is 0.522. The molecular formula is C24H30Cl2N2O2S. The molecule has 2 rings (SSSR count). The zero-order chi connectivity index (χ0) is 23.0. The summed E-state index contributed by atoms with van der Waals surface area (Å²) in [5.41, 5.74) is 3.21. The summed E-state index contributed by atoms with van der Waals surface area (Å²) < 4.78 is 0. The number of nitrogens with one attached hydrogen (secondary N) is 1. The maximum atomic E-state index is 13.2. The van der Waals surface area contributed by atoms with Gasteiger partial charge in [0.1, 0.15) is 6.04 Å². The summed E-state index contributed by atoms with van der Waals surface area (Å²) in [6, 6.07) is 13.0. The average Bonchev–Trinajstić information content (AvgIpc) is 2.70. The Labute approximate surface area is 199 Å². The largest absolute Gasteiger partial charge is 0.352 e. The molecule has 0 saturated carbocycles. The predicted molar refractivity (Wildman–Crippen MR) is 132 cm³/mol. The highest BCUT2D eigenvalue weighted by Crippen LogP contribution is 2.24. The van der Waals surface area contributed by atoms with E-state index in [0.29, 0.717) is 28.8 Å². The molecule has 7 heteroatoms. The number of rotatable bonds is 10. The first-order chi connectivity index (χ1) is 14.7. The van der Waals surface area contributed by atoms with E-state index in [4.69, 9.17) is 23.2 Å². The van der Waals surface area contributed by atoms with Crippen molar-refractivity contribution in [1.82, 2.24) is 10.2 Å². The molecular weight excluding hydrogens is 451 g/mol. The molecule has 0 bridgehead atoms. The number of thioether (sulfide) groups is 1. The lowest BCUT2D eigenvalue weighted by atomic mass is 10.1. The van der Waals surface area contributed by atoms with E-state index in [2.05, 4.69) is 30.4 Å². The minimum absolute atomic E-state index is 0.000765. The van der Waals surface area contributed by atoms with Gasteiger partial charge in [0, 0.05) is 18.3 Å². The Morgan fingerprint density at radius 2 is 1.81 bits per heavy atom. The second kappa shape index (κ2) is 12.4. The summed E-state index contributed by atoms with van der Waals surface area (Å²) >= 11 is 13.8. The Bertz CT molecular complexity index is 905. The monoisotopic (exact) mass is 480 g/mol. The molecule has 4 nitrogen and oxygen atoms in total. The van der Waals surface area contributed by atoms with Crippen LogP contribution in [0, 0.1) is 6.92 Å². The van der Waals surface area contributed by atoms with Gasteiger partial charge in [-0.1, -0.05) is 66.0 Å². The normalized spacial score (nSPS) is 12.0. The van der Waals surface area contributed by atoms with Gasteiger partial charge in [-0.3, -0.25) is 9.59 Å². The van der Waals surface area contributed by atoms with Gasteiger partial charge in [0.05, 0.1) is 15.8 Å². The molecule has 0 aliphatic heterocycles. The molecule has 1 unspecified atom stereocenters. The fraction of sp³-hybridized carbons (Fsp3) is 0.417. The molecule has 2 aromatic rings. The number of hydrogen-bond donors (Lipinski definition) is 1. The van der Waals surface area contributed by atoms with Crippen LogP contribution in [0.1, 0.15) is 43.9 Å². The van der Waals surface area contributed by atoms with Gasteiger partial charge in [0.15, 0.2) is 0 Å². The molecule has 0 heterocycles. The number of nitrogens with zero attached hydrogens (tertiary/aromatic N) is 1. The molecule has 0 aromatic heterocycles. The van der Waals surface area contributed by atoms with E-state index < -0.39 is 6.04 Å². The summed E-state index contributed by atoms with van der Waals surface area (Å²) in [5, 5.41) is 3.83. The smallest absolute Gasteiger partial charge is 0.243 e. The first kappa shape index (κ1) is 25.6. The fourth-order valence-corrected chi connectivity index (χ4v) is 4.45. The lowest BCUT2D eigenvalue weighted by Gasteiger charge is -2.31. The molecule has 31 heavy (non-hydrogen) atoms. The highest BCUT2D eigenvalue weighted by molar-refractivity contribution is 7.99. The quantitative estimate of drug-likeness (QED) is 0.462. The Morgan fingerprint density at radius 3 is 2.42 bits per heavy atom. The van der Waals surface area contributed by atoms with Crippen molar-refractivity contribution in [3.8, 4) is 0 Å². The van der Waals surface area contributed by atoms with E-state index in [-0.39, 0.29) is 17.9 Å². The van der Waals surface area contributed by atoms with Crippen molar-refractivity contribution >= 4 is 46.8 Å². The third-order valence-corrected chi connectivity index (χ3v) is 6.46. The lowest BCUT2D eigenvalue weighted by molar-refractivity contribution is -0.139. The van der Waals surface area contributed by atoms with Crippen LogP contribution in [-0.4, -0.2) is 34.6 Å². The van der Waals surface area contributed by atoms with Crippen molar-refractivity contribution in [2.75, 3.05) is 5.75 Å². The Balaban J connectivity index is 2.16. The molecule has 1 atom stereocenters. The molecule has 0 saturated heterocycles. The number of amides is 2. The third kappa shape index (κ3) is 8.06. The Hall–Kier alpha value is -1.69. The minimum Gasteiger partial charge on any atom is -0.352 e. The van der Waals surface area contributed by atoms with Crippen LogP contribution in [0.15, 0.2) is 42.5 Å². The van der Waals surface area contributed by atoms with Gasteiger partial charge < -0.3 is 10.2 Å². The second-order valence-electron chi connectivity index (χ2n) is 7.84. The van der Waals surface area contributed by atoms with Gasteiger partial charge in [-0.2, -0.15) is 0 Å². The van der Waals surface area contributed by atoms with Crippen molar-refractivity contribution in [3.63, 3.8) is 0 Å². The van der Waals surface area contributed by atoms with E-state index in [1.165, 1.54) is 11.1 Å². The molecule has 2 aromatic carbocycles. The minimum atomic E-state index is -0.552. The van der Waals surface area contributed by atoms with E-state index in [0.717, 1.165) is 11.3 Å². The molecule has 168 valence electrons. The summed E-state index contributed by atoms with van der Waals surface area (Å²) in [5.74, 6) is 0.813. The molecule has 0 aliphatic carbocycles. The first-order valence-electron chi connectivity index (χ1n) is 10.4. The highest BCUT2D eigenvalue weighted by Gasteiger charge is 2.29. The van der Waals surface area contributed by atoms with Crippen molar-refractivity contribution in [1.29, 1.82) is 0 Å². The number of benzene rings is 2. The molecule has 0 radical (unpaired) electrons. The van der Waals surface area contributed by atoms with Gasteiger partial charge in [-0.15, -0.1) is 11.8 Å². The first-order valence-corrected chi connectivity index (χ1v) is 12.3. The predicted octanol–water partition coefficient (Wildman–Crippen LogP) is 5.87. The van der Waals surface area contributed by atoms with E-state index >= 15 is 0 Å². The van der Waals surface area contributed by atoms with Crippen molar-refractivity contribution in [2.24, 2.45) is 0 Å². The molecule has 0 spiro atoms. The van der Waals surface area contributed by atoms with Crippen LogP contribution < -0.4 is 5.32 Å².